The summed E-state index contributed by atoms with van der Waals surface area (Å²) in [5.74, 6) is 0.710. The number of benzene rings is 2. The summed E-state index contributed by atoms with van der Waals surface area (Å²) in [6.45, 7) is 1.86. The smallest absolute Gasteiger partial charge is 0.310 e. The highest BCUT2D eigenvalue weighted by atomic mass is 16.6. The number of nitrogens with zero attached hydrogens (tertiary/aromatic N) is 2. The Labute approximate surface area is 160 Å². The van der Waals surface area contributed by atoms with Gasteiger partial charge >= 0.3 is 5.69 Å². The number of hydrogen-bond acceptors (Lipinski definition) is 6. The average Bonchev–Trinajstić information content (AvgIpc) is 3.14. The predicted octanol–water partition coefficient (Wildman–Crippen LogP) is 3.84. The van der Waals surface area contributed by atoms with Crippen molar-refractivity contribution in [1.29, 1.82) is 0 Å². The number of hydrogen-bond donors (Lipinski definition) is 1. The number of hydrazone groups is 1. The van der Waals surface area contributed by atoms with Gasteiger partial charge in [-0.05, 0) is 36.8 Å². The molecule has 0 fully saturated rings. The molecule has 0 aliphatic rings. The standard InChI is InChI=1S/C20H17N3O5/c1-14-6-2-3-7-17(14)20(24)22-21-12-15-10-11-16(28-15)13-27-19-9-5-4-8-18(19)23(25)26/h2-12H,13H2,1H3,(H,22,24)/b21-12+. The van der Waals surface area contributed by atoms with E-state index in [4.69, 9.17) is 9.15 Å². The molecule has 1 amide bonds. The molecule has 0 unspecified atom stereocenters. The summed E-state index contributed by atoms with van der Waals surface area (Å²) in [6, 6.07) is 16.6. The van der Waals surface area contributed by atoms with E-state index in [2.05, 4.69) is 10.5 Å². The van der Waals surface area contributed by atoms with Crippen molar-refractivity contribution in [1.82, 2.24) is 5.43 Å². The van der Waals surface area contributed by atoms with E-state index in [1.807, 2.05) is 19.1 Å². The summed E-state index contributed by atoms with van der Waals surface area (Å²) in [7, 11) is 0. The number of aryl methyl sites for hydroxylation is 1. The van der Waals surface area contributed by atoms with Crippen molar-refractivity contribution in [3.05, 3.63) is 93.4 Å². The van der Waals surface area contributed by atoms with Crippen LogP contribution in [-0.4, -0.2) is 17.0 Å². The van der Waals surface area contributed by atoms with E-state index in [-0.39, 0.29) is 24.0 Å². The minimum Gasteiger partial charge on any atom is -0.479 e. The molecule has 142 valence electrons. The maximum Gasteiger partial charge on any atom is 0.310 e. The van der Waals surface area contributed by atoms with Gasteiger partial charge in [-0.2, -0.15) is 5.10 Å². The Hall–Kier alpha value is -3.94. The van der Waals surface area contributed by atoms with Crippen LogP contribution in [-0.2, 0) is 6.61 Å². The molecule has 0 bridgehead atoms. The molecule has 8 heteroatoms. The maximum absolute atomic E-state index is 12.1. The fourth-order valence-corrected chi connectivity index (χ4v) is 2.46. The Balaban J connectivity index is 1.57. The molecule has 0 radical (unpaired) electrons. The normalized spacial score (nSPS) is 10.8. The Kier molecular flexibility index (Phi) is 5.81. The van der Waals surface area contributed by atoms with Crippen molar-refractivity contribution in [2.75, 3.05) is 0 Å². The van der Waals surface area contributed by atoms with Crippen molar-refractivity contribution in [2.24, 2.45) is 5.10 Å². The Morgan fingerprint density at radius 2 is 1.93 bits per heavy atom. The molecular weight excluding hydrogens is 362 g/mol. The number of amides is 1. The first-order valence-electron chi connectivity index (χ1n) is 8.38. The van der Waals surface area contributed by atoms with Crippen LogP contribution in [0, 0.1) is 17.0 Å². The van der Waals surface area contributed by atoms with Gasteiger partial charge in [-0.25, -0.2) is 5.43 Å². The van der Waals surface area contributed by atoms with Gasteiger partial charge in [-0.1, -0.05) is 30.3 Å². The van der Waals surface area contributed by atoms with Crippen LogP contribution in [0.25, 0.3) is 0 Å². The molecule has 2 aromatic carbocycles. The fraction of sp³-hybridized carbons (Fsp3) is 0.100. The summed E-state index contributed by atoms with van der Waals surface area (Å²) >= 11 is 0. The van der Waals surface area contributed by atoms with Gasteiger partial charge in [0.2, 0.25) is 0 Å². The van der Waals surface area contributed by atoms with E-state index in [1.54, 1.807) is 36.4 Å². The average molecular weight is 379 g/mol. The van der Waals surface area contributed by atoms with Crippen LogP contribution >= 0.6 is 0 Å². The summed E-state index contributed by atoms with van der Waals surface area (Å²) in [5.41, 5.74) is 3.71. The Morgan fingerprint density at radius 3 is 2.71 bits per heavy atom. The van der Waals surface area contributed by atoms with Gasteiger partial charge in [-0.3, -0.25) is 14.9 Å². The van der Waals surface area contributed by atoms with Gasteiger partial charge < -0.3 is 9.15 Å². The van der Waals surface area contributed by atoms with Gasteiger partial charge in [0.25, 0.3) is 5.91 Å². The minimum atomic E-state index is -0.507. The quantitative estimate of drug-likeness (QED) is 0.381. The zero-order valence-electron chi connectivity index (χ0n) is 15.0. The first-order valence-corrected chi connectivity index (χ1v) is 8.38. The van der Waals surface area contributed by atoms with Crippen LogP contribution in [0.4, 0.5) is 5.69 Å². The van der Waals surface area contributed by atoms with Crippen LogP contribution in [0.5, 0.6) is 5.75 Å². The molecule has 3 aromatic rings. The van der Waals surface area contributed by atoms with E-state index in [0.717, 1.165) is 5.56 Å². The van der Waals surface area contributed by atoms with E-state index >= 15 is 0 Å². The van der Waals surface area contributed by atoms with E-state index in [0.29, 0.717) is 17.1 Å². The van der Waals surface area contributed by atoms with E-state index in [9.17, 15) is 14.9 Å². The number of furan rings is 1. The lowest BCUT2D eigenvalue weighted by Crippen LogP contribution is -2.18. The molecule has 1 heterocycles. The summed E-state index contributed by atoms with van der Waals surface area (Å²) in [4.78, 5) is 22.6. The molecule has 3 rings (SSSR count). The molecule has 0 atom stereocenters. The van der Waals surface area contributed by atoms with Gasteiger partial charge in [0.1, 0.15) is 18.1 Å². The minimum absolute atomic E-state index is 0.0221. The van der Waals surface area contributed by atoms with E-state index < -0.39 is 4.92 Å². The zero-order chi connectivity index (χ0) is 19.9. The van der Waals surface area contributed by atoms with Crippen LogP contribution in [0.3, 0.4) is 0 Å². The lowest BCUT2D eigenvalue weighted by atomic mass is 10.1. The third-order valence-corrected chi connectivity index (χ3v) is 3.86. The lowest BCUT2D eigenvalue weighted by molar-refractivity contribution is -0.386. The van der Waals surface area contributed by atoms with Crippen LogP contribution in [0.15, 0.2) is 70.2 Å². The molecular formula is C20H17N3O5. The number of nitrogens with one attached hydrogen (secondary N) is 1. The first-order chi connectivity index (χ1) is 13.5. The zero-order valence-corrected chi connectivity index (χ0v) is 15.0. The highest BCUT2D eigenvalue weighted by Gasteiger charge is 2.14. The van der Waals surface area contributed by atoms with Gasteiger partial charge in [0.15, 0.2) is 5.75 Å². The van der Waals surface area contributed by atoms with Crippen LogP contribution in [0.2, 0.25) is 0 Å². The van der Waals surface area contributed by atoms with Crippen LogP contribution in [0.1, 0.15) is 27.4 Å². The number of nitro benzene ring substituents is 1. The second-order valence-electron chi connectivity index (χ2n) is 5.83. The van der Waals surface area contributed by atoms with Crippen molar-refractivity contribution in [3.8, 4) is 5.75 Å². The molecule has 1 aromatic heterocycles. The number of nitro groups is 1. The van der Waals surface area contributed by atoms with Gasteiger partial charge in [-0.15, -0.1) is 0 Å². The lowest BCUT2D eigenvalue weighted by Gasteiger charge is -2.04. The van der Waals surface area contributed by atoms with E-state index in [1.165, 1.54) is 18.3 Å². The van der Waals surface area contributed by atoms with Crippen molar-refractivity contribution >= 4 is 17.8 Å². The Morgan fingerprint density at radius 1 is 1.18 bits per heavy atom. The molecule has 0 aliphatic carbocycles. The number of carbonyl (C=O) groups excluding carboxylic acids is 1. The molecule has 28 heavy (non-hydrogen) atoms. The topological polar surface area (TPSA) is 107 Å². The van der Waals surface area contributed by atoms with Gasteiger partial charge in [0, 0.05) is 11.6 Å². The number of rotatable bonds is 7. The maximum atomic E-state index is 12.1. The summed E-state index contributed by atoms with van der Waals surface area (Å²) in [6.07, 6.45) is 1.37. The Bertz CT molecular complexity index is 1030. The SMILES string of the molecule is Cc1ccccc1C(=O)N/N=C/c1ccc(COc2ccccc2[N+](=O)[O-])o1. The molecule has 8 nitrogen and oxygen atoms in total. The second-order valence-corrected chi connectivity index (χ2v) is 5.83. The first kappa shape index (κ1) is 18.8. The summed E-state index contributed by atoms with van der Waals surface area (Å²) < 4.78 is 11.0. The van der Waals surface area contributed by atoms with Crippen molar-refractivity contribution in [2.45, 2.75) is 13.5 Å². The number of carbonyl (C=O) groups is 1. The highest BCUT2D eigenvalue weighted by Crippen LogP contribution is 2.26. The van der Waals surface area contributed by atoms with Crippen molar-refractivity contribution < 1.29 is 18.9 Å². The monoisotopic (exact) mass is 379 g/mol. The molecule has 0 spiro atoms. The molecule has 0 saturated heterocycles. The fourth-order valence-electron chi connectivity index (χ4n) is 2.46. The molecule has 1 N–H and O–H groups in total. The number of ether oxygens (including phenoxy) is 1. The molecule has 0 aliphatic heterocycles. The summed E-state index contributed by atoms with van der Waals surface area (Å²) in [5, 5.41) is 14.9. The largest absolute Gasteiger partial charge is 0.479 e. The second kappa shape index (κ2) is 8.63. The van der Waals surface area contributed by atoms with Gasteiger partial charge in [0.05, 0.1) is 11.1 Å². The molecule has 0 saturated carbocycles. The number of para-hydroxylation sites is 2. The highest BCUT2D eigenvalue weighted by molar-refractivity contribution is 5.96. The third-order valence-electron chi connectivity index (χ3n) is 3.86. The van der Waals surface area contributed by atoms with Crippen molar-refractivity contribution in [3.63, 3.8) is 0 Å². The predicted molar refractivity (Wildman–Crippen MR) is 102 cm³/mol. The van der Waals surface area contributed by atoms with Crippen LogP contribution < -0.4 is 10.2 Å². The third kappa shape index (κ3) is 4.61.